The topological polar surface area (TPSA) is 54.9 Å². The number of guanidine groups is 1. The van der Waals surface area contributed by atoms with Crippen molar-refractivity contribution >= 4 is 29.9 Å². The van der Waals surface area contributed by atoms with Gasteiger partial charge in [0, 0.05) is 20.1 Å². The zero-order valence-corrected chi connectivity index (χ0v) is 17.2. The lowest BCUT2D eigenvalue weighted by atomic mass is 10.1. The molecule has 25 heavy (non-hydrogen) atoms. The van der Waals surface area contributed by atoms with Crippen LogP contribution in [0.1, 0.15) is 11.1 Å². The molecule has 0 bridgehead atoms. The van der Waals surface area contributed by atoms with E-state index < -0.39 is 0 Å². The highest BCUT2D eigenvalue weighted by atomic mass is 127. The minimum atomic E-state index is 0. The van der Waals surface area contributed by atoms with Crippen molar-refractivity contribution in [3.05, 3.63) is 59.7 Å². The lowest BCUT2D eigenvalue weighted by Crippen LogP contribution is -2.37. The first-order chi connectivity index (χ1) is 11.7. The highest BCUT2D eigenvalue weighted by molar-refractivity contribution is 14.0. The van der Waals surface area contributed by atoms with Crippen molar-refractivity contribution < 1.29 is 9.47 Å². The van der Waals surface area contributed by atoms with E-state index in [2.05, 4.69) is 27.8 Å². The SMILES string of the molecule is CN=C(NCCc1cccc(OC)c1)NCc1cccc(OC)c1.I. The van der Waals surface area contributed by atoms with Crippen LogP contribution in [0.4, 0.5) is 0 Å². The summed E-state index contributed by atoms with van der Waals surface area (Å²) in [6.07, 6.45) is 0.900. The van der Waals surface area contributed by atoms with Gasteiger partial charge in [0.2, 0.25) is 0 Å². The van der Waals surface area contributed by atoms with Crippen molar-refractivity contribution in [1.29, 1.82) is 0 Å². The molecule has 2 aromatic carbocycles. The van der Waals surface area contributed by atoms with Gasteiger partial charge in [0.25, 0.3) is 0 Å². The van der Waals surface area contributed by atoms with Crippen LogP contribution in [0, 0.1) is 0 Å². The quantitative estimate of drug-likeness (QED) is 0.383. The largest absolute Gasteiger partial charge is 0.497 e. The summed E-state index contributed by atoms with van der Waals surface area (Å²) in [4.78, 5) is 4.25. The van der Waals surface area contributed by atoms with Gasteiger partial charge < -0.3 is 20.1 Å². The first-order valence-corrected chi connectivity index (χ1v) is 7.95. The minimum absolute atomic E-state index is 0. The number of benzene rings is 2. The summed E-state index contributed by atoms with van der Waals surface area (Å²) in [5, 5.41) is 6.63. The van der Waals surface area contributed by atoms with Gasteiger partial charge in [0.05, 0.1) is 14.2 Å². The highest BCUT2D eigenvalue weighted by Crippen LogP contribution is 2.13. The standard InChI is InChI=1S/C19H25N3O2.HI/c1-20-19(22-14-16-7-5-9-18(13-16)24-3)21-11-10-15-6-4-8-17(12-15)23-2;/h4-9,12-13H,10-11,14H2,1-3H3,(H2,20,21,22);1H. The molecular weight excluding hydrogens is 429 g/mol. The maximum Gasteiger partial charge on any atom is 0.191 e. The summed E-state index contributed by atoms with van der Waals surface area (Å²) in [7, 11) is 5.12. The van der Waals surface area contributed by atoms with Crippen molar-refractivity contribution in [1.82, 2.24) is 10.6 Å². The molecule has 0 amide bonds. The fourth-order valence-corrected chi connectivity index (χ4v) is 2.34. The number of hydrogen-bond donors (Lipinski definition) is 2. The number of hydrogen-bond acceptors (Lipinski definition) is 3. The van der Waals surface area contributed by atoms with E-state index in [1.54, 1.807) is 21.3 Å². The molecule has 5 nitrogen and oxygen atoms in total. The van der Waals surface area contributed by atoms with Gasteiger partial charge in [-0.3, -0.25) is 4.99 Å². The Morgan fingerprint density at radius 1 is 0.920 bits per heavy atom. The smallest absolute Gasteiger partial charge is 0.191 e. The molecule has 0 aliphatic carbocycles. The maximum atomic E-state index is 5.24. The van der Waals surface area contributed by atoms with Gasteiger partial charge in [-0.05, 0) is 41.8 Å². The van der Waals surface area contributed by atoms with E-state index in [-0.39, 0.29) is 24.0 Å². The van der Waals surface area contributed by atoms with Gasteiger partial charge >= 0.3 is 0 Å². The number of halogens is 1. The van der Waals surface area contributed by atoms with Crippen LogP contribution >= 0.6 is 24.0 Å². The van der Waals surface area contributed by atoms with E-state index in [0.29, 0.717) is 6.54 Å². The van der Waals surface area contributed by atoms with Crippen molar-refractivity contribution in [2.45, 2.75) is 13.0 Å². The summed E-state index contributed by atoms with van der Waals surface area (Å²) in [5.74, 6) is 2.52. The van der Waals surface area contributed by atoms with E-state index in [0.717, 1.165) is 36.0 Å². The average Bonchev–Trinajstić information content (AvgIpc) is 2.64. The molecule has 0 aromatic heterocycles. The van der Waals surface area contributed by atoms with Crippen LogP contribution < -0.4 is 20.1 Å². The molecule has 0 radical (unpaired) electrons. The van der Waals surface area contributed by atoms with Gasteiger partial charge in [-0.2, -0.15) is 0 Å². The van der Waals surface area contributed by atoms with E-state index in [1.165, 1.54) is 5.56 Å². The molecule has 2 rings (SSSR count). The Balaban J connectivity index is 0.00000312. The third-order valence-electron chi connectivity index (χ3n) is 3.66. The molecule has 0 spiro atoms. The van der Waals surface area contributed by atoms with Gasteiger partial charge in [0.15, 0.2) is 5.96 Å². The third kappa shape index (κ3) is 7.21. The van der Waals surface area contributed by atoms with E-state index in [9.17, 15) is 0 Å². The van der Waals surface area contributed by atoms with Crippen LogP contribution in [0.25, 0.3) is 0 Å². The third-order valence-corrected chi connectivity index (χ3v) is 3.66. The Labute approximate surface area is 166 Å². The first kappa shape index (κ1) is 21.1. The van der Waals surface area contributed by atoms with Crippen LogP contribution in [0.3, 0.4) is 0 Å². The summed E-state index contributed by atoms with van der Waals surface area (Å²) in [5.41, 5.74) is 2.37. The predicted molar refractivity (Wildman–Crippen MR) is 113 cm³/mol. The molecule has 0 heterocycles. The molecule has 2 aromatic rings. The van der Waals surface area contributed by atoms with Gasteiger partial charge in [-0.15, -0.1) is 24.0 Å². The molecule has 0 atom stereocenters. The Morgan fingerprint density at radius 3 is 2.12 bits per heavy atom. The number of aliphatic imine (C=N–C) groups is 1. The summed E-state index contributed by atoms with van der Waals surface area (Å²) < 4.78 is 10.5. The summed E-state index contributed by atoms with van der Waals surface area (Å²) >= 11 is 0. The minimum Gasteiger partial charge on any atom is -0.497 e. The Morgan fingerprint density at radius 2 is 1.52 bits per heavy atom. The van der Waals surface area contributed by atoms with Gasteiger partial charge in [-0.25, -0.2) is 0 Å². The van der Waals surface area contributed by atoms with Gasteiger partial charge in [0.1, 0.15) is 11.5 Å². The molecule has 0 aliphatic heterocycles. The average molecular weight is 455 g/mol. The van der Waals surface area contributed by atoms with Gasteiger partial charge in [-0.1, -0.05) is 24.3 Å². The van der Waals surface area contributed by atoms with E-state index in [1.807, 2.05) is 36.4 Å². The maximum absolute atomic E-state index is 5.24. The number of nitrogens with zero attached hydrogens (tertiary/aromatic N) is 1. The lowest BCUT2D eigenvalue weighted by molar-refractivity contribution is 0.414. The molecule has 6 heteroatoms. The highest BCUT2D eigenvalue weighted by Gasteiger charge is 2.01. The number of methoxy groups -OCH3 is 2. The van der Waals surface area contributed by atoms with Crippen LogP contribution in [0.5, 0.6) is 11.5 Å². The van der Waals surface area contributed by atoms with Crippen LogP contribution in [0.15, 0.2) is 53.5 Å². The molecule has 2 N–H and O–H groups in total. The summed E-state index contributed by atoms with van der Waals surface area (Å²) in [6.45, 7) is 1.49. The fourth-order valence-electron chi connectivity index (χ4n) is 2.34. The van der Waals surface area contributed by atoms with Crippen molar-refractivity contribution in [3.8, 4) is 11.5 Å². The molecule has 136 valence electrons. The Hall–Kier alpha value is -1.96. The van der Waals surface area contributed by atoms with Crippen molar-refractivity contribution in [2.24, 2.45) is 4.99 Å². The molecule has 0 fully saturated rings. The zero-order chi connectivity index (χ0) is 17.2. The van der Waals surface area contributed by atoms with Crippen LogP contribution in [-0.4, -0.2) is 33.8 Å². The molecule has 0 aliphatic rings. The second-order valence-electron chi connectivity index (χ2n) is 5.31. The van der Waals surface area contributed by atoms with Crippen LogP contribution in [0.2, 0.25) is 0 Å². The fraction of sp³-hybridized carbons (Fsp3) is 0.316. The zero-order valence-electron chi connectivity index (χ0n) is 14.9. The monoisotopic (exact) mass is 455 g/mol. The molecule has 0 saturated heterocycles. The second-order valence-corrected chi connectivity index (χ2v) is 5.31. The normalized spacial score (nSPS) is 10.6. The second kappa shape index (κ2) is 11.6. The van der Waals surface area contributed by atoms with Crippen molar-refractivity contribution in [3.63, 3.8) is 0 Å². The van der Waals surface area contributed by atoms with E-state index in [4.69, 9.17) is 9.47 Å². The number of nitrogens with one attached hydrogen (secondary N) is 2. The Bertz CT molecular complexity index is 677. The molecular formula is C19H26IN3O2. The van der Waals surface area contributed by atoms with Crippen molar-refractivity contribution in [2.75, 3.05) is 27.8 Å². The Kier molecular flexibility index (Phi) is 9.76. The molecule has 0 unspecified atom stereocenters. The number of ether oxygens (including phenoxy) is 2. The first-order valence-electron chi connectivity index (χ1n) is 7.95. The lowest BCUT2D eigenvalue weighted by Gasteiger charge is -2.12. The predicted octanol–water partition coefficient (Wildman–Crippen LogP) is 3.23. The summed E-state index contributed by atoms with van der Waals surface area (Å²) in [6, 6.07) is 16.1. The molecule has 0 saturated carbocycles. The van der Waals surface area contributed by atoms with E-state index >= 15 is 0 Å². The van der Waals surface area contributed by atoms with Crippen LogP contribution in [-0.2, 0) is 13.0 Å². The number of rotatable bonds is 7.